The van der Waals surface area contributed by atoms with Crippen LogP contribution in [-0.4, -0.2) is 36.6 Å². The predicted molar refractivity (Wildman–Crippen MR) is 81.0 cm³/mol. The second-order valence-corrected chi connectivity index (χ2v) is 6.99. The normalized spacial score (nSPS) is 24.5. The second kappa shape index (κ2) is 7.49. The molecule has 0 aromatic rings. The van der Waals surface area contributed by atoms with E-state index in [2.05, 4.69) is 44.8 Å². The summed E-state index contributed by atoms with van der Waals surface area (Å²) in [5, 5.41) is 3.61. The van der Waals surface area contributed by atoms with E-state index in [-0.39, 0.29) is 0 Å². The third-order valence-electron chi connectivity index (χ3n) is 4.44. The van der Waals surface area contributed by atoms with Gasteiger partial charge in [-0.3, -0.25) is 0 Å². The largest absolute Gasteiger partial charge is 0.314 e. The summed E-state index contributed by atoms with van der Waals surface area (Å²) >= 11 is 0. The molecule has 2 unspecified atom stereocenters. The van der Waals surface area contributed by atoms with Gasteiger partial charge in [0.15, 0.2) is 0 Å². The first-order chi connectivity index (χ1) is 8.44. The lowest BCUT2D eigenvalue weighted by Crippen LogP contribution is -2.39. The lowest BCUT2D eigenvalue weighted by molar-refractivity contribution is 0.187. The summed E-state index contributed by atoms with van der Waals surface area (Å²) in [5.74, 6) is 0. The summed E-state index contributed by atoms with van der Waals surface area (Å²) in [4.78, 5) is 2.71. The maximum absolute atomic E-state index is 3.61. The molecule has 1 saturated heterocycles. The molecule has 1 heterocycles. The third kappa shape index (κ3) is 5.71. The molecule has 0 aromatic carbocycles. The molecule has 1 aliphatic heterocycles. The van der Waals surface area contributed by atoms with Crippen LogP contribution in [0.1, 0.15) is 66.7 Å². The van der Waals surface area contributed by atoms with Crippen molar-refractivity contribution in [1.29, 1.82) is 0 Å². The van der Waals surface area contributed by atoms with Gasteiger partial charge in [-0.2, -0.15) is 0 Å². The van der Waals surface area contributed by atoms with E-state index in [9.17, 15) is 0 Å². The Balaban J connectivity index is 2.34. The molecule has 1 rings (SSSR count). The Labute approximate surface area is 115 Å². The molecule has 0 radical (unpaired) electrons. The van der Waals surface area contributed by atoms with Gasteiger partial charge in [0.25, 0.3) is 0 Å². The molecule has 1 aliphatic rings. The number of nitrogens with one attached hydrogen (secondary N) is 1. The Bertz CT molecular complexity index is 225. The third-order valence-corrected chi connectivity index (χ3v) is 4.44. The minimum atomic E-state index is 0.556. The monoisotopic (exact) mass is 254 g/mol. The first kappa shape index (κ1) is 16.0. The summed E-state index contributed by atoms with van der Waals surface area (Å²) in [7, 11) is 0. The molecular weight excluding hydrogens is 220 g/mol. The van der Waals surface area contributed by atoms with Crippen LogP contribution in [-0.2, 0) is 0 Å². The summed E-state index contributed by atoms with van der Waals surface area (Å²) < 4.78 is 0. The van der Waals surface area contributed by atoms with E-state index in [1.807, 2.05) is 0 Å². The zero-order valence-corrected chi connectivity index (χ0v) is 13.3. The maximum Gasteiger partial charge on any atom is 0.00816 e. The van der Waals surface area contributed by atoms with Gasteiger partial charge in [-0.25, -0.2) is 0 Å². The Morgan fingerprint density at radius 1 is 1.17 bits per heavy atom. The Morgan fingerprint density at radius 2 is 1.89 bits per heavy atom. The van der Waals surface area contributed by atoms with Crippen LogP contribution in [0.2, 0.25) is 0 Å². The molecule has 2 atom stereocenters. The number of likely N-dealkylation sites (tertiary alicyclic amines) is 1. The van der Waals surface area contributed by atoms with Crippen molar-refractivity contribution in [3.63, 3.8) is 0 Å². The van der Waals surface area contributed by atoms with E-state index >= 15 is 0 Å². The van der Waals surface area contributed by atoms with Gasteiger partial charge in [0.05, 0.1) is 0 Å². The van der Waals surface area contributed by atoms with Crippen LogP contribution in [0.15, 0.2) is 0 Å². The maximum atomic E-state index is 3.61. The highest BCUT2D eigenvalue weighted by Crippen LogP contribution is 2.30. The van der Waals surface area contributed by atoms with Gasteiger partial charge in [0.2, 0.25) is 0 Å². The van der Waals surface area contributed by atoms with Crippen LogP contribution in [0.4, 0.5) is 0 Å². The van der Waals surface area contributed by atoms with Gasteiger partial charge in [0.1, 0.15) is 0 Å². The summed E-state index contributed by atoms with van der Waals surface area (Å²) in [5.41, 5.74) is 0.556. The molecule has 0 aliphatic carbocycles. The Morgan fingerprint density at radius 3 is 2.56 bits per heavy atom. The van der Waals surface area contributed by atoms with Gasteiger partial charge in [0, 0.05) is 12.1 Å². The molecule has 2 heteroatoms. The van der Waals surface area contributed by atoms with Crippen LogP contribution in [0, 0.1) is 5.41 Å². The number of nitrogens with zero attached hydrogens (tertiary/aromatic N) is 1. The lowest BCUT2D eigenvalue weighted by Gasteiger charge is -2.30. The smallest absolute Gasteiger partial charge is 0.00816 e. The van der Waals surface area contributed by atoms with E-state index in [4.69, 9.17) is 0 Å². The van der Waals surface area contributed by atoms with Crippen molar-refractivity contribution < 1.29 is 0 Å². The summed E-state index contributed by atoms with van der Waals surface area (Å²) in [6.07, 6.45) is 6.62. The second-order valence-electron chi connectivity index (χ2n) is 6.99. The molecule has 0 spiro atoms. The fourth-order valence-corrected chi connectivity index (χ4v) is 3.02. The minimum Gasteiger partial charge on any atom is -0.314 e. The average molecular weight is 254 g/mol. The molecule has 108 valence electrons. The quantitative estimate of drug-likeness (QED) is 0.778. The van der Waals surface area contributed by atoms with Crippen molar-refractivity contribution in [2.24, 2.45) is 5.41 Å². The molecule has 2 nitrogen and oxygen atoms in total. The van der Waals surface area contributed by atoms with Crippen LogP contribution in [0.5, 0.6) is 0 Å². The standard InChI is InChI=1S/C16H34N2/c1-6-10-17-14(2)13-15(3)18-11-7-8-16(4,5)9-12-18/h14-15,17H,6-13H2,1-5H3. The molecule has 1 fully saturated rings. The fraction of sp³-hybridized carbons (Fsp3) is 1.00. The van der Waals surface area contributed by atoms with E-state index < -0.39 is 0 Å². The molecule has 0 aromatic heterocycles. The highest BCUT2D eigenvalue weighted by atomic mass is 15.2. The van der Waals surface area contributed by atoms with Gasteiger partial charge in [-0.15, -0.1) is 0 Å². The van der Waals surface area contributed by atoms with E-state index in [1.165, 1.54) is 45.2 Å². The van der Waals surface area contributed by atoms with E-state index in [0.29, 0.717) is 11.5 Å². The molecule has 18 heavy (non-hydrogen) atoms. The van der Waals surface area contributed by atoms with Crippen molar-refractivity contribution in [3.8, 4) is 0 Å². The van der Waals surface area contributed by atoms with Crippen molar-refractivity contribution >= 4 is 0 Å². The van der Waals surface area contributed by atoms with Crippen molar-refractivity contribution in [1.82, 2.24) is 10.2 Å². The molecule has 0 saturated carbocycles. The molecule has 1 N–H and O–H groups in total. The number of hydrogen-bond donors (Lipinski definition) is 1. The van der Waals surface area contributed by atoms with Gasteiger partial charge in [-0.1, -0.05) is 20.8 Å². The zero-order valence-electron chi connectivity index (χ0n) is 13.3. The Kier molecular flexibility index (Phi) is 6.65. The van der Waals surface area contributed by atoms with E-state index in [0.717, 1.165) is 12.6 Å². The minimum absolute atomic E-state index is 0.556. The summed E-state index contributed by atoms with van der Waals surface area (Å²) in [6, 6.07) is 1.37. The fourth-order valence-electron chi connectivity index (χ4n) is 3.02. The topological polar surface area (TPSA) is 15.3 Å². The highest BCUT2D eigenvalue weighted by Gasteiger charge is 2.25. The SMILES string of the molecule is CCCNC(C)CC(C)N1CCCC(C)(C)CC1. The average Bonchev–Trinajstić information content (AvgIpc) is 2.47. The van der Waals surface area contributed by atoms with Crippen LogP contribution in [0.3, 0.4) is 0 Å². The van der Waals surface area contributed by atoms with Crippen molar-refractivity contribution in [2.75, 3.05) is 19.6 Å². The van der Waals surface area contributed by atoms with Crippen molar-refractivity contribution in [3.05, 3.63) is 0 Å². The zero-order chi connectivity index (χ0) is 13.6. The predicted octanol–water partition coefficient (Wildman–Crippen LogP) is 3.67. The molecule has 0 amide bonds. The lowest BCUT2D eigenvalue weighted by atomic mass is 9.85. The van der Waals surface area contributed by atoms with Crippen LogP contribution >= 0.6 is 0 Å². The Hall–Kier alpha value is -0.0800. The summed E-state index contributed by atoms with van der Waals surface area (Å²) in [6.45, 7) is 15.6. The van der Waals surface area contributed by atoms with Gasteiger partial charge in [-0.05, 0) is 71.0 Å². The van der Waals surface area contributed by atoms with Crippen molar-refractivity contribution in [2.45, 2.75) is 78.8 Å². The first-order valence-electron chi connectivity index (χ1n) is 7.92. The van der Waals surface area contributed by atoms with E-state index in [1.54, 1.807) is 0 Å². The molecule has 0 bridgehead atoms. The highest BCUT2D eigenvalue weighted by molar-refractivity contribution is 4.80. The number of rotatable bonds is 6. The first-order valence-corrected chi connectivity index (χ1v) is 7.92. The molecular formula is C16H34N2. The van der Waals surface area contributed by atoms with Gasteiger partial charge >= 0.3 is 0 Å². The van der Waals surface area contributed by atoms with Crippen LogP contribution < -0.4 is 5.32 Å². The van der Waals surface area contributed by atoms with Crippen LogP contribution in [0.25, 0.3) is 0 Å². The number of hydrogen-bond acceptors (Lipinski definition) is 2. The van der Waals surface area contributed by atoms with Gasteiger partial charge < -0.3 is 10.2 Å².